The number of carbonyl (C=O) groups excluding carboxylic acids is 1. The number of nitrogens with zero attached hydrogens (tertiary/aromatic N) is 1. The van der Waals surface area contributed by atoms with Gasteiger partial charge in [0.05, 0.1) is 16.1 Å². The van der Waals surface area contributed by atoms with Gasteiger partial charge < -0.3 is 0 Å². The number of benzene rings is 3. The van der Waals surface area contributed by atoms with Crippen molar-refractivity contribution in [1.82, 2.24) is 5.43 Å². The third-order valence-corrected chi connectivity index (χ3v) is 6.03. The van der Waals surface area contributed by atoms with E-state index in [1.807, 2.05) is 0 Å². The lowest BCUT2D eigenvalue weighted by atomic mass is 10.2. The average molecular weight is 483 g/mol. The summed E-state index contributed by atoms with van der Waals surface area (Å²) >= 11 is 17.7. The highest BCUT2D eigenvalue weighted by molar-refractivity contribution is 7.92. The van der Waals surface area contributed by atoms with Crippen LogP contribution in [0.25, 0.3) is 0 Å². The van der Waals surface area contributed by atoms with Crippen LogP contribution in [0.4, 0.5) is 5.69 Å². The SMILES string of the molecule is O=C(NN=Cc1ccc(Cl)cc1Cl)c1cccc(S(=O)(=O)Nc2ccc(Cl)cc2)c1. The van der Waals surface area contributed by atoms with Crippen molar-refractivity contribution in [2.24, 2.45) is 5.10 Å². The summed E-state index contributed by atoms with van der Waals surface area (Å²) in [5.74, 6) is -0.583. The summed E-state index contributed by atoms with van der Waals surface area (Å²) in [4.78, 5) is 12.3. The Balaban J connectivity index is 1.73. The molecule has 0 heterocycles. The van der Waals surface area contributed by atoms with Gasteiger partial charge in [0.1, 0.15) is 0 Å². The first-order valence-corrected chi connectivity index (χ1v) is 11.0. The minimum Gasteiger partial charge on any atom is -0.280 e. The van der Waals surface area contributed by atoms with Gasteiger partial charge in [0, 0.05) is 26.9 Å². The van der Waals surface area contributed by atoms with Crippen molar-refractivity contribution in [2.75, 3.05) is 4.72 Å². The average Bonchev–Trinajstić information content (AvgIpc) is 2.71. The van der Waals surface area contributed by atoms with Crippen molar-refractivity contribution in [3.05, 3.63) is 92.9 Å². The van der Waals surface area contributed by atoms with Crippen molar-refractivity contribution in [3.8, 4) is 0 Å². The van der Waals surface area contributed by atoms with E-state index in [-0.39, 0.29) is 10.5 Å². The Morgan fingerprint density at radius 3 is 2.30 bits per heavy atom. The first kappa shape index (κ1) is 22.1. The van der Waals surface area contributed by atoms with Gasteiger partial charge in [0.25, 0.3) is 15.9 Å². The van der Waals surface area contributed by atoms with Crippen LogP contribution >= 0.6 is 34.8 Å². The predicted octanol–water partition coefficient (Wildman–Crippen LogP) is 5.21. The number of anilines is 1. The molecule has 0 aromatic heterocycles. The van der Waals surface area contributed by atoms with Gasteiger partial charge in [0.15, 0.2) is 0 Å². The second-order valence-corrected chi connectivity index (χ2v) is 8.97. The van der Waals surface area contributed by atoms with Crippen molar-refractivity contribution >= 4 is 62.6 Å². The minimum absolute atomic E-state index is 0.0742. The van der Waals surface area contributed by atoms with E-state index >= 15 is 0 Å². The molecule has 30 heavy (non-hydrogen) atoms. The van der Waals surface area contributed by atoms with Crippen molar-refractivity contribution in [2.45, 2.75) is 4.90 Å². The van der Waals surface area contributed by atoms with E-state index in [1.165, 1.54) is 42.6 Å². The molecule has 0 aliphatic heterocycles. The molecule has 0 aliphatic carbocycles. The molecule has 3 aromatic rings. The maximum Gasteiger partial charge on any atom is 0.271 e. The first-order chi connectivity index (χ1) is 14.2. The first-order valence-electron chi connectivity index (χ1n) is 8.41. The molecule has 3 aromatic carbocycles. The molecule has 0 saturated heterocycles. The summed E-state index contributed by atoms with van der Waals surface area (Å²) in [6.45, 7) is 0. The van der Waals surface area contributed by atoms with Gasteiger partial charge in [-0.2, -0.15) is 5.10 Å². The molecular weight excluding hydrogens is 469 g/mol. The molecule has 3 rings (SSSR count). The fourth-order valence-electron chi connectivity index (χ4n) is 2.37. The van der Waals surface area contributed by atoms with Crippen LogP contribution < -0.4 is 10.1 Å². The zero-order valence-electron chi connectivity index (χ0n) is 15.1. The molecule has 0 aliphatic rings. The van der Waals surface area contributed by atoms with E-state index in [2.05, 4.69) is 15.2 Å². The van der Waals surface area contributed by atoms with Gasteiger partial charge in [-0.15, -0.1) is 0 Å². The highest BCUT2D eigenvalue weighted by atomic mass is 35.5. The number of hydrogen-bond donors (Lipinski definition) is 2. The monoisotopic (exact) mass is 481 g/mol. The maximum atomic E-state index is 12.6. The maximum absolute atomic E-state index is 12.6. The molecule has 6 nitrogen and oxygen atoms in total. The van der Waals surface area contributed by atoms with E-state index < -0.39 is 15.9 Å². The Morgan fingerprint density at radius 1 is 0.900 bits per heavy atom. The van der Waals surface area contributed by atoms with Gasteiger partial charge in [-0.25, -0.2) is 13.8 Å². The standard InChI is InChI=1S/C20H14Cl3N3O3S/c21-15-6-8-17(9-7-15)26-30(28,29)18-3-1-2-13(10-18)20(27)25-24-12-14-4-5-16(22)11-19(14)23/h1-12,26H,(H,25,27). The zero-order chi connectivity index (χ0) is 21.7. The second kappa shape index (κ2) is 9.49. The molecule has 0 atom stereocenters. The van der Waals surface area contributed by atoms with E-state index in [9.17, 15) is 13.2 Å². The zero-order valence-corrected chi connectivity index (χ0v) is 18.2. The van der Waals surface area contributed by atoms with E-state index in [4.69, 9.17) is 34.8 Å². The van der Waals surface area contributed by atoms with Gasteiger partial charge in [-0.05, 0) is 54.6 Å². The van der Waals surface area contributed by atoms with Crippen molar-refractivity contribution < 1.29 is 13.2 Å². The topological polar surface area (TPSA) is 87.6 Å². The smallest absolute Gasteiger partial charge is 0.271 e. The lowest BCUT2D eigenvalue weighted by Crippen LogP contribution is -2.19. The Hall–Kier alpha value is -2.58. The van der Waals surface area contributed by atoms with Gasteiger partial charge in [-0.3, -0.25) is 9.52 Å². The fourth-order valence-corrected chi connectivity index (χ4v) is 4.06. The largest absolute Gasteiger partial charge is 0.280 e. The molecule has 0 radical (unpaired) electrons. The Kier molecular flexibility index (Phi) is 6.99. The fraction of sp³-hybridized carbons (Fsp3) is 0. The third-order valence-electron chi connectivity index (χ3n) is 3.84. The molecule has 2 N–H and O–H groups in total. The normalized spacial score (nSPS) is 11.4. The van der Waals surface area contributed by atoms with Crippen molar-refractivity contribution in [1.29, 1.82) is 0 Å². The second-order valence-electron chi connectivity index (χ2n) is 6.01. The Morgan fingerprint density at radius 2 is 1.60 bits per heavy atom. The number of hydrazone groups is 1. The van der Waals surface area contributed by atoms with E-state index in [0.717, 1.165) is 0 Å². The number of halogens is 3. The van der Waals surface area contributed by atoms with Crippen LogP contribution in [0.1, 0.15) is 15.9 Å². The summed E-state index contributed by atoms with van der Waals surface area (Å²) in [7, 11) is -3.90. The number of hydrogen-bond acceptors (Lipinski definition) is 4. The van der Waals surface area contributed by atoms with Crippen LogP contribution in [0.3, 0.4) is 0 Å². The summed E-state index contributed by atoms with van der Waals surface area (Å²) in [5, 5.41) is 5.18. The number of nitrogens with one attached hydrogen (secondary N) is 2. The van der Waals surface area contributed by atoms with Crippen LogP contribution in [0, 0.1) is 0 Å². The van der Waals surface area contributed by atoms with Crippen LogP contribution in [0.2, 0.25) is 15.1 Å². The van der Waals surface area contributed by atoms with E-state index in [0.29, 0.717) is 26.3 Å². The summed E-state index contributed by atoms with van der Waals surface area (Å²) < 4.78 is 27.6. The Labute approximate surface area is 188 Å². The number of rotatable bonds is 6. The van der Waals surface area contributed by atoms with Crippen molar-refractivity contribution in [3.63, 3.8) is 0 Å². The lowest BCUT2D eigenvalue weighted by Gasteiger charge is -2.09. The summed E-state index contributed by atoms with van der Waals surface area (Å²) in [6.07, 6.45) is 1.36. The van der Waals surface area contributed by atoms with Gasteiger partial charge in [-0.1, -0.05) is 46.9 Å². The summed E-state index contributed by atoms with van der Waals surface area (Å²) in [6, 6.07) is 16.6. The molecule has 0 fully saturated rings. The number of carbonyl (C=O) groups is 1. The number of sulfonamides is 1. The van der Waals surface area contributed by atoms with Gasteiger partial charge in [0.2, 0.25) is 0 Å². The molecule has 0 bridgehead atoms. The molecule has 1 amide bonds. The molecule has 10 heteroatoms. The molecule has 0 unspecified atom stereocenters. The van der Waals surface area contributed by atoms with Crippen LogP contribution in [0.15, 0.2) is 76.7 Å². The van der Waals surface area contributed by atoms with E-state index in [1.54, 1.807) is 30.3 Å². The molecule has 0 saturated carbocycles. The molecule has 154 valence electrons. The number of amides is 1. The predicted molar refractivity (Wildman–Crippen MR) is 120 cm³/mol. The quantitative estimate of drug-likeness (QED) is 0.373. The third kappa shape index (κ3) is 5.73. The Bertz CT molecular complexity index is 1210. The highest BCUT2D eigenvalue weighted by Crippen LogP contribution is 2.20. The summed E-state index contributed by atoms with van der Waals surface area (Å²) in [5.41, 5.74) is 3.36. The van der Waals surface area contributed by atoms with Crippen LogP contribution in [-0.2, 0) is 10.0 Å². The lowest BCUT2D eigenvalue weighted by molar-refractivity contribution is 0.0955. The molecule has 0 spiro atoms. The van der Waals surface area contributed by atoms with Crippen LogP contribution in [0.5, 0.6) is 0 Å². The van der Waals surface area contributed by atoms with Gasteiger partial charge >= 0.3 is 0 Å². The van der Waals surface area contributed by atoms with Crippen LogP contribution in [-0.4, -0.2) is 20.5 Å². The minimum atomic E-state index is -3.90. The molecular formula is C20H14Cl3N3O3S. The highest BCUT2D eigenvalue weighted by Gasteiger charge is 2.16.